The van der Waals surface area contributed by atoms with E-state index >= 15 is 0 Å². The van der Waals surface area contributed by atoms with E-state index < -0.39 is 0 Å². The largest absolute Gasteiger partial charge is 0.374 e. The van der Waals surface area contributed by atoms with E-state index in [4.69, 9.17) is 16.3 Å². The fraction of sp³-hybridized carbons (Fsp3) is 1.00. The number of morpholine rings is 1. The van der Waals surface area contributed by atoms with Crippen molar-refractivity contribution in [1.29, 1.82) is 0 Å². The van der Waals surface area contributed by atoms with Gasteiger partial charge in [0, 0.05) is 31.6 Å². The second kappa shape index (κ2) is 7.49. The summed E-state index contributed by atoms with van der Waals surface area (Å²) in [5.41, 5.74) is 0. The molecule has 3 atom stereocenters. The van der Waals surface area contributed by atoms with Gasteiger partial charge in [-0.05, 0) is 19.4 Å². The highest BCUT2D eigenvalue weighted by Gasteiger charge is 2.20. The molecule has 1 N–H and O–H groups in total. The van der Waals surface area contributed by atoms with Crippen LogP contribution in [0.4, 0.5) is 0 Å². The van der Waals surface area contributed by atoms with Gasteiger partial charge in [0.1, 0.15) is 0 Å². The van der Waals surface area contributed by atoms with Crippen molar-refractivity contribution in [3.05, 3.63) is 0 Å². The molecule has 1 heterocycles. The first-order chi connectivity index (χ1) is 7.67. The molecule has 1 aliphatic rings. The standard InChI is InChI=1S/C12H25ClN2O/c1-4-15-5-6-16-12(9-15)8-14-11(3)10(2)7-13/h10-12,14H,4-9H2,1-3H3. The van der Waals surface area contributed by atoms with Crippen LogP contribution in [0.15, 0.2) is 0 Å². The number of ether oxygens (including phenoxy) is 1. The first kappa shape index (κ1) is 14.2. The summed E-state index contributed by atoms with van der Waals surface area (Å²) in [5.74, 6) is 1.22. The van der Waals surface area contributed by atoms with Gasteiger partial charge in [-0.3, -0.25) is 4.90 Å². The number of hydrogen-bond donors (Lipinski definition) is 1. The lowest BCUT2D eigenvalue weighted by Gasteiger charge is -2.33. The van der Waals surface area contributed by atoms with Gasteiger partial charge in [-0.15, -0.1) is 11.6 Å². The molecule has 1 aliphatic heterocycles. The molecule has 0 radical (unpaired) electrons. The number of rotatable bonds is 6. The van der Waals surface area contributed by atoms with Crippen LogP contribution in [0, 0.1) is 5.92 Å². The van der Waals surface area contributed by atoms with E-state index in [1.807, 2.05) is 0 Å². The predicted molar refractivity (Wildman–Crippen MR) is 69.2 cm³/mol. The predicted octanol–water partition coefficient (Wildman–Crippen LogP) is 1.56. The smallest absolute Gasteiger partial charge is 0.0826 e. The summed E-state index contributed by atoms with van der Waals surface area (Å²) >= 11 is 5.83. The normalized spacial score (nSPS) is 26.6. The van der Waals surface area contributed by atoms with Crippen LogP contribution >= 0.6 is 11.6 Å². The van der Waals surface area contributed by atoms with Gasteiger partial charge in [0.25, 0.3) is 0 Å². The van der Waals surface area contributed by atoms with Gasteiger partial charge in [-0.1, -0.05) is 13.8 Å². The van der Waals surface area contributed by atoms with Crippen molar-refractivity contribution in [3.8, 4) is 0 Å². The van der Waals surface area contributed by atoms with E-state index in [1.165, 1.54) is 0 Å². The second-order valence-electron chi connectivity index (χ2n) is 4.71. The molecule has 3 nitrogen and oxygen atoms in total. The Balaban J connectivity index is 2.21. The molecule has 1 fully saturated rings. The summed E-state index contributed by atoms with van der Waals surface area (Å²) in [4.78, 5) is 2.44. The highest BCUT2D eigenvalue weighted by atomic mass is 35.5. The third-order valence-corrected chi connectivity index (χ3v) is 3.92. The van der Waals surface area contributed by atoms with Gasteiger partial charge in [-0.25, -0.2) is 0 Å². The molecular formula is C12H25ClN2O. The lowest BCUT2D eigenvalue weighted by Crippen LogP contribution is -2.48. The Labute approximate surface area is 104 Å². The zero-order valence-electron chi connectivity index (χ0n) is 10.7. The van der Waals surface area contributed by atoms with Gasteiger partial charge in [0.05, 0.1) is 12.7 Å². The number of likely N-dealkylation sites (N-methyl/N-ethyl adjacent to an activating group) is 1. The second-order valence-corrected chi connectivity index (χ2v) is 5.02. The Morgan fingerprint density at radius 1 is 1.50 bits per heavy atom. The topological polar surface area (TPSA) is 24.5 Å². The molecule has 0 saturated carbocycles. The highest BCUT2D eigenvalue weighted by molar-refractivity contribution is 6.18. The number of nitrogens with one attached hydrogen (secondary N) is 1. The Bertz CT molecular complexity index is 192. The summed E-state index contributed by atoms with van der Waals surface area (Å²) in [6.07, 6.45) is 0.332. The van der Waals surface area contributed by atoms with Crippen LogP contribution in [0.3, 0.4) is 0 Å². The Hall–Kier alpha value is 0.170. The van der Waals surface area contributed by atoms with Crippen molar-refractivity contribution < 1.29 is 4.74 Å². The molecule has 1 rings (SSSR count). The van der Waals surface area contributed by atoms with Crippen LogP contribution in [0.2, 0.25) is 0 Å². The molecule has 96 valence electrons. The van der Waals surface area contributed by atoms with E-state index in [0.29, 0.717) is 23.9 Å². The zero-order chi connectivity index (χ0) is 12.0. The molecule has 0 amide bonds. The molecule has 0 aromatic heterocycles. The summed E-state index contributed by atoms with van der Waals surface area (Å²) < 4.78 is 5.74. The van der Waals surface area contributed by atoms with Crippen molar-refractivity contribution in [2.45, 2.75) is 32.9 Å². The Morgan fingerprint density at radius 2 is 2.25 bits per heavy atom. The first-order valence-electron chi connectivity index (χ1n) is 6.30. The van der Waals surface area contributed by atoms with Gasteiger partial charge in [-0.2, -0.15) is 0 Å². The van der Waals surface area contributed by atoms with Gasteiger partial charge in [0.2, 0.25) is 0 Å². The first-order valence-corrected chi connectivity index (χ1v) is 6.84. The molecule has 16 heavy (non-hydrogen) atoms. The van der Waals surface area contributed by atoms with Gasteiger partial charge >= 0.3 is 0 Å². The van der Waals surface area contributed by atoms with Crippen molar-refractivity contribution in [2.24, 2.45) is 5.92 Å². The van der Waals surface area contributed by atoms with Crippen LogP contribution in [0.1, 0.15) is 20.8 Å². The molecule has 1 saturated heterocycles. The fourth-order valence-corrected chi connectivity index (χ4v) is 2.11. The van der Waals surface area contributed by atoms with Crippen molar-refractivity contribution in [1.82, 2.24) is 10.2 Å². The third kappa shape index (κ3) is 4.58. The highest BCUT2D eigenvalue weighted by Crippen LogP contribution is 2.07. The maximum Gasteiger partial charge on any atom is 0.0826 e. The van der Waals surface area contributed by atoms with E-state index in [-0.39, 0.29) is 0 Å². The minimum absolute atomic E-state index is 0.332. The average Bonchev–Trinajstić information content (AvgIpc) is 2.35. The molecule has 3 unspecified atom stereocenters. The molecule has 4 heteroatoms. The molecule has 0 aromatic carbocycles. The number of nitrogens with zero attached hydrogens (tertiary/aromatic N) is 1. The summed E-state index contributed by atoms with van der Waals surface area (Å²) in [7, 11) is 0. The lowest BCUT2D eigenvalue weighted by molar-refractivity contribution is -0.0266. The van der Waals surface area contributed by atoms with E-state index in [1.54, 1.807) is 0 Å². The van der Waals surface area contributed by atoms with E-state index in [2.05, 4.69) is 31.0 Å². The lowest BCUT2D eigenvalue weighted by atomic mass is 10.1. The maximum atomic E-state index is 5.83. The number of alkyl halides is 1. The SMILES string of the molecule is CCN1CCOC(CNC(C)C(C)CCl)C1. The number of hydrogen-bond acceptors (Lipinski definition) is 3. The summed E-state index contributed by atoms with van der Waals surface area (Å²) in [6, 6.07) is 0.457. The van der Waals surface area contributed by atoms with E-state index in [0.717, 1.165) is 32.8 Å². The van der Waals surface area contributed by atoms with E-state index in [9.17, 15) is 0 Å². The quantitative estimate of drug-likeness (QED) is 0.722. The van der Waals surface area contributed by atoms with Crippen LogP contribution in [-0.2, 0) is 4.74 Å². The third-order valence-electron chi connectivity index (χ3n) is 3.43. The van der Waals surface area contributed by atoms with Crippen LogP contribution < -0.4 is 5.32 Å². The Kier molecular flexibility index (Phi) is 6.66. The van der Waals surface area contributed by atoms with Crippen LogP contribution in [-0.4, -0.2) is 55.7 Å². The van der Waals surface area contributed by atoms with Crippen LogP contribution in [0.5, 0.6) is 0 Å². The molecular weight excluding hydrogens is 224 g/mol. The average molecular weight is 249 g/mol. The fourth-order valence-electron chi connectivity index (χ4n) is 1.84. The number of halogens is 1. The van der Waals surface area contributed by atoms with Crippen molar-refractivity contribution in [3.63, 3.8) is 0 Å². The zero-order valence-corrected chi connectivity index (χ0v) is 11.5. The molecule has 0 aromatic rings. The summed E-state index contributed by atoms with van der Waals surface area (Å²) in [6.45, 7) is 11.6. The minimum Gasteiger partial charge on any atom is -0.374 e. The molecule has 0 bridgehead atoms. The van der Waals surface area contributed by atoms with Crippen LogP contribution in [0.25, 0.3) is 0 Å². The minimum atomic E-state index is 0.332. The van der Waals surface area contributed by atoms with Gasteiger partial charge < -0.3 is 10.1 Å². The summed E-state index contributed by atoms with van der Waals surface area (Å²) in [5, 5.41) is 3.51. The van der Waals surface area contributed by atoms with Gasteiger partial charge in [0.15, 0.2) is 0 Å². The monoisotopic (exact) mass is 248 g/mol. The molecule has 0 spiro atoms. The maximum absolute atomic E-state index is 5.83. The Morgan fingerprint density at radius 3 is 2.88 bits per heavy atom. The molecule has 0 aliphatic carbocycles. The van der Waals surface area contributed by atoms with Crippen molar-refractivity contribution >= 4 is 11.6 Å². The van der Waals surface area contributed by atoms with Crippen molar-refractivity contribution in [2.75, 3.05) is 38.7 Å².